The van der Waals surface area contributed by atoms with Gasteiger partial charge in [0.25, 0.3) is 0 Å². The second kappa shape index (κ2) is 27.6. The Kier molecular flexibility index (Phi) is 20.3. The largest absolute Gasteiger partial charge is 0.494 e. The van der Waals surface area contributed by atoms with E-state index in [0.29, 0.717) is 19.8 Å². The van der Waals surface area contributed by atoms with E-state index in [4.69, 9.17) is 35.1 Å². The molecule has 400 valence electrons. The summed E-state index contributed by atoms with van der Waals surface area (Å²) in [5, 5.41) is 4.77. The summed E-state index contributed by atoms with van der Waals surface area (Å²) in [7, 11) is -0.401. The van der Waals surface area contributed by atoms with Gasteiger partial charge in [0, 0.05) is 55.3 Å². The van der Waals surface area contributed by atoms with Crippen LogP contribution in [-0.2, 0) is 29.1 Å². The van der Waals surface area contributed by atoms with Gasteiger partial charge in [0.15, 0.2) is 0 Å². The minimum atomic E-state index is -0.401. The lowest BCUT2D eigenvalue weighted by Crippen LogP contribution is -2.41. The zero-order chi connectivity index (χ0) is 55.8. The first-order chi connectivity index (χ1) is 38.3. The summed E-state index contributed by atoms with van der Waals surface area (Å²) in [6, 6.07) is 62.1. The predicted molar refractivity (Wildman–Crippen MR) is 332 cm³/mol. The van der Waals surface area contributed by atoms with Crippen LogP contribution in [0.3, 0.4) is 0 Å². The molecule has 0 amide bonds. The van der Waals surface area contributed by atoms with Crippen LogP contribution in [0.5, 0.6) is 17.2 Å². The first kappa shape index (κ1) is 58.0. The standard InChI is InChI=1S/C22H24BNO3.C17H15NO.C16H12BrNO.C9H5BrClN.C2H6/c1-21(2)22(3,4)27-23(26-21)17-10-11-19-18(14-17)20(12-13-24-19)25-15-16-8-6-5-7-9-16;1-13-7-8-16-15(11-13)17(9-10-18-16)19-12-14-5-3-2-4-6-14;17-13-6-7-15-14(10-13)16(8-9-18-15)19-11-12-4-2-1-3-5-12;10-6-1-2-9-7(5-6)8(11)3-4-12-9;1-2/h5-14H,15H2,1-4H3;2-11H,12H2,1H3;1-10H,11H2;1-5H;1-2H3. The maximum atomic E-state index is 6.18. The number of hydrogen-bond acceptors (Lipinski definition) is 9. The van der Waals surface area contributed by atoms with E-state index in [0.717, 1.165) is 91.4 Å². The number of benzene rings is 7. The molecule has 79 heavy (non-hydrogen) atoms. The lowest BCUT2D eigenvalue weighted by atomic mass is 9.78. The summed E-state index contributed by atoms with van der Waals surface area (Å²) >= 11 is 12.8. The van der Waals surface area contributed by atoms with Gasteiger partial charge >= 0.3 is 7.12 Å². The van der Waals surface area contributed by atoms with Crippen molar-refractivity contribution < 1.29 is 23.5 Å². The van der Waals surface area contributed by atoms with Crippen molar-refractivity contribution >= 4 is 99.7 Å². The molecule has 5 heterocycles. The SMILES string of the molecule is Brc1ccc2nccc(OCc3ccccc3)c2c1.CC.CC1(C)OB(c2ccc3nccc(OCc4ccccc4)c3c2)OC1(C)C.Cc1ccc2nccc(OCc3ccccc3)c2c1.Clc1ccnc2ccc(Br)cc12. The second-order valence-corrected chi connectivity index (χ2v) is 21.5. The maximum absolute atomic E-state index is 6.18. The molecule has 0 radical (unpaired) electrons. The van der Waals surface area contributed by atoms with E-state index in [2.05, 4.69) is 141 Å². The molecule has 0 atom stereocenters. The first-order valence-electron chi connectivity index (χ1n) is 26.1. The molecule has 0 saturated carbocycles. The molecule has 9 nitrogen and oxygen atoms in total. The summed E-state index contributed by atoms with van der Waals surface area (Å²) in [6.45, 7) is 16.0. The molecule has 1 fully saturated rings. The highest BCUT2D eigenvalue weighted by atomic mass is 79.9. The third-order valence-corrected chi connectivity index (χ3v) is 14.4. The molecule has 1 saturated heterocycles. The minimum Gasteiger partial charge on any atom is -0.488 e. The average Bonchev–Trinajstić information content (AvgIpc) is 3.75. The van der Waals surface area contributed by atoms with Crippen molar-refractivity contribution in [1.82, 2.24) is 19.9 Å². The number of nitrogens with zero attached hydrogens (tertiary/aromatic N) is 4. The Morgan fingerprint density at radius 2 is 0.785 bits per heavy atom. The number of fused-ring (bicyclic) bond motifs is 4. The highest BCUT2D eigenvalue weighted by molar-refractivity contribution is 9.10. The molecule has 12 rings (SSSR count). The van der Waals surface area contributed by atoms with Crippen LogP contribution >= 0.6 is 43.5 Å². The van der Waals surface area contributed by atoms with Crippen LogP contribution < -0.4 is 19.7 Å². The van der Waals surface area contributed by atoms with Gasteiger partial charge in [-0.2, -0.15) is 0 Å². The molecule has 0 bridgehead atoms. The Balaban J connectivity index is 0.000000142. The van der Waals surface area contributed by atoms with Gasteiger partial charge in [0.2, 0.25) is 0 Å². The van der Waals surface area contributed by atoms with E-state index in [1.165, 1.54) is 11.1 Å². The molecule has 4 aromatic heterocycles. The fourth-order valence-corrected chi connectivity index (χ4v) is 9.19. The summed E-state index contributed by atoms with van der Waals surface area (Å²) < 4.78 is 32.3. The van der Waals surface area contributed by atoms with Crippen molar-refractivity contribution in [3.63, 3.8) is 0 Å². The van der Waals surface area contributed by atoms with Gasteiger partial charge in [-0.15, -0.1) is 0 Å². The van der Waals surface area contributed by atoms with E-state index in [1.807, 2.05) is 141 Å². The van der Waals surface area contributed by atoms with Crippen molar-refractivity contribution in [3.05, 3.63) is 249 Å². The molecule has 0 aliphatic carbocycles. The molecular formula is C66H62BBr2ClN4O5. The van der Waals surface area contributed by atoms with E-state index in [-0.39, 0.29) is 11.2 Å². The van der Waals surface area contributed by atoms with Crippen LogP contribution in [0.4, 0.5) is 0 Å². The summed E-state index contributed by atoms with van der Waals surface area (Å²) in [4.78, 5) is 17.3. The van der Waals surface area contributed by atoms with Crippen LogP contribution in [0.2, 0.25) is 5.02 Å². The number of aryl methyl sites for hydroxylation is 1. The van der Waals surface area contributed by atoms with E-state index >= 15 is 0 Å². The molecule has 7 aromatic carbocycles. The highest BCUT2D eigenvalue weighted by Crippen LogP contribution is 2.37. The Hall–Kier alpha value is -7.19. The number of aromatic nitrogens is 4. The number of hydrogen-bond donors (Lipinski definition) is 0. The monoisotopic (exact) mass is 1190 g/mol. The third-order valence-electron chi connectivity index (χ3n) is 13.1. The quantitative estimate of drug-likeness (QED) is 0.124. The molecule has 1 aliphatic rings. The summed E-state index contributed by atoms with van der Waals surface area (Å²) in [6.07, 6.45) is 7.05. The number of rotatable bonds is 10. The van der Waals surface area contributed by atoms with Crippen molar-refractivity contribution in [1.29, 1.82) is 0 Å². The maximum Gasteiger partial charge on any atom is 0.494 e. The predicted octanol–water partition coefficient (Wildman–Crippen LogP) is 17.5. The van der Waals surface area contributed by atoms with Gasteiger partial charge in [-0.25, -0.2) is 0 Å². The van der Waals surface area contributed by atoms with E-state index in [1.54, 1.807) is 30.9 Å². The zero-order valence-electron chi connectivity index (χ0n) is 45.4. The fraction of sp³-hybridized carbons (Fsp3) is 0.182. The lowest BCUT2D eigenvalue weighted by Gasteiger charge is -2.32. The molecular weight excluding hydrogens is 1130 g/mol. The van der Waals surface area contributed by atoms with Crippen LogP contribution in [0.15, 0.2) is 222 Å². The van der Waals surface area contributed by atoms with Gasteiger partial charge in [-0.3, -0.25) is 19.9 Å². The fourth-order valence-electron chi connectivity index (χ4n) is 8.26. The van der Waals surface area contributed by atoms with Crippen molar-refractivity contribution in [2.24, 2.45) is 0 Å². The van der Waals surface area contributed by atoms with Crippen LogP contribution in [0.1, 0.15) is 63.8 Å². The van der Waals surface area contributed by atoms with Crippen molar-refractivity contribution in [2.75, 3.05) is 0 Å². The van der Waals surface area contributed by atoms with E-state index < -0.39 is 7.12 Å². The van der Waals surface area contributed by atoms with Crippen LogP contribution in [0, 0.1) is 6.92 Å². The van der Waals surface area contributed by atoms with Crippen LogP contribution in [0.25, 0.3) is 43.6 Å². The molecule has 0 unspecified atom stereocenters. The Morgan fingerprint density at radius 1 is 0.430 bits per heavy atom. The topological polar surface area (TPSA) is 97.7 Å². The lowest BCUT2D eigenvalue weighted by molar-refractivity contribution is 0.00578. The van der Waals surface area contributed by atoms with Gasteiger partial charge in [0.1, 0.15) is 37.1 Å². The van der Waals surface area contributed by atoms with Crippen molar-refractivity contribution in [3.8, 4) is 17.2 Å². The average molecular weight is 1200 g/mol. The van der Waals surface area contributed by atoms with Gasteiger partial charge in [-0.1, -0.05) is 166 Å². The molecule has 11 aromatic rings. The molecule has 0 N–H and O–H groups in total. The molecule has 1 aliphatic heterocycles. The Morgan fingerprint density at radius 3 is 1.23 bits per heavy atom. The third kappa shape index (κ3) is 15.6. The van der Waals surface area contributed by atoms with Crippen molar-refractivity contribution in [2.45, 2.75) is 79.5 Å². The Labute approximate surface area is 485 Å². The van der Waals surface area contributed by atoms with E-state index in [9.17, 15) is 0 Å². The number of pyridine rings is 4. The minimum absolute atomic E-state index is 0.367. The number of halogens is 3. The van der Waals surface area contributed by atoms with Crippen LogP contribution in [-0.4, -0.2) is 38.3 Å². The normalized spacial score (nSPS) is 12.9. The first-order valence-corrected chi connectivity index (χ1v) is 28.1. The number of ether oxygens (including phenoxy) is 3. The highest BCUT2D eigenvalue weighted by Gasteiger charge is 2.51. The summed E-state index contributed by atoms with van der Waals surface area (Å²) in [5.74, 6) is 2.55. The second-order valence-electron chi connectivity index (χ2n) is 19.3. The van der Waals surface area contributed by atoms with Gasteiger partial charge < -0.3 is 23.5 Å². The smallest absolute Gasteiger partial charge is 0.488 e. The molecule has 0 spiro atoms. The van der Waals surface area contributed by atoms with Gasteiger partial charge in [0.05, 0.1) is 38.3 Å². The zero-order valence-corrected chi connectivity index (χ0v) is 49.3. The van der Waals surface area contributed by atoms with Gasteiger partial charge in [-0.05, 0) is 142 Å². The Bertz CT molecular complexity index is 3610. The molecule has 13 heteroatoms. The summed E-state index contributed by atoms with van der Waals surface area (Å²) in [5.41, 5.74) is 8.62.